The monoisotopic (exact) mass is 267 g/mol. The highest BCUT2D eigenvalue weighted by Crippen LogP contribution is 2.22. The average molecular weight is 267 g/mol. The standard InChI is InChI=1S/C15H25NO3/c1-12-5-4-6-13(2)15(12)19-11-14(3)16(7-9-17)8-10-18/h4-6,14,17-18H,7-11H2,1-3H3. The molecule has 0 saturated heterocycles. The maximum absolute atomic E-state index is 9.02. The van der Waals surface area contributed by atoms with E-state index in [1.54, 1.807) is 0 Å². The van der Waals surface area contributed by atoms with Crippen LogP contribution in [0.5, 0.6) is 5.75 Å². The van der Waals surface area contributed by atoms with E-state index >= 15 is 0 Å². The van der Waals surface area contributed by atoms with Gasteiger partial charge in [0.1, 0.15) is 12.4 Å². The zero-order valence-corrected chi connectivity index (χ0v) is 12.1. The summed E-state index contributed by atoms with van der Waals surface area (Å²) in [7, 11) is 0. The van der Waals surface area contributed by atoms with E-state index in [0.29, 0.717) is 19.7 Å². The van der Waals surface area contributed by atoms with Crippen LogP contribution in [0.3, 0.4) is 0 Å². The van der Waals surface area contributed by atoms with Crippen molar-refractivity contribution in [3.8, 4) is 5.75 Å². The Kier molecular flexibility index (Phi) is 6.84. The van der Waals surface area contributed by atoms with Crippen molar-refractivity contribution >= 4 is 0 Å². The molecule has 1 aromatic carbocycles. The first kappa shape index (κ1) is 16.0. The van der Waals surface area contributed by atoms with Crippen molar-refractivity contribution in [2.45, 2.75) is 26.8 Å². The quantitative estimate of drug-likeness (QED) is 0.746. The molecule has 1 atom stereocenters. The molecule has 1 unspecified atom stereocenters. The molecular weight excluding hydrogens is 242 g/mol. The highest BCUT2D eigenvalue weighted by atomic mass is 16.5. The third-order valence-corrected chi connectivity index (χ3v) is 3.28. The van der Waals surface area contributed by atoms with E-state index in [-0.39, 0.29) is 19.3 Å². The summed E-state index contributed by atoms with van der Waals surface area (Å²) in [4.78, 5) is 2.02. The first-order valence-electron chi connectivity index (χ1n) is 6.75. The zero-order chi connectivity index (χ0) is 14.3. The second kappa shape index (κ2) is 8.15. The Bertz CT molecular complexity index is 355. The number of hydrogen-bond donors (Lipinski definition) is 2. The second-order valence-electron chi connectivity index (χ2n) is 4.86. The first-order valence-corrected chi connectivity index (χ1v) is 6.75. The number of hydrogen-bond acceptors (Lipinski definition) is 4. The second-order valence-corrected chi connectivity index (χ2v) is 4.86. The highest BCUT2D eigenvalue weighted by Gasteiger charge is 2.14. The van der Waals surface area contributed by atoms with Crippen LogP contribution >= 0.6 is 0 Å². The molecule has 0 bridgehead atoms. The van der Waals surface area contributed by atoms with Crippen molar-refractivity contribution in [1.29, 1.82) is 0 Å². The molecule has 0 spiro atoms. The molecule has 0 heterocycles. The van der Waals surface area contributed by atoms with Gasteiger partial charge < -0.3 is 14.9 Å². The average Bonchev–Trinajstić information content (AvgIpc) is 2.37. The Morgan fingerprint density at radius 2 is 1.63 bits per heavy atom. The summed E-state index contributed by atoms with van der Waals surface area (Å²) in [6, 6.07) is 6.24. The maximum atomic E-state index is 9.02. The molecular formula is C15H25NO3. The van der Waals surface area contributed by atoms with Gasteiger partial charge in [-0.2, -0.15) is 0 Å². The van der Waals surface area contributed by atoms with Crippen molar-refractivity contribution in [1.82, 2.24) is 4.90 Å². The molecule has 0 fully saturated rings. The van der Waals surface area contributed by atoms with Crippen LogP contribution in [0, 0.1) is 13.8 Å². The van der Waals surface area contributed by atoms with Gasteiger partial charge in [0.2, 0.25) is 0 Å². The molecule has 0 aliphatic heterocycles. The summed E-state index contributed by atoms with van der Waals surface area (Å²) in [5.41, 5.74) is 2.26. The lowest BCUT2D eigenvalue weighted by Gasteiger charge is -2.28. The van der Waals surface area contributed by atoms with Crippen LogP contribution < -0.4 is 4.74 Å². The van der Waals surface area contributed by atoms with E-state index in [2.05, 4.69) is 0 Å². The Morgan fingerprint density at radius 3 is 2.11 bits per heavy atom. The molecule has 0 aliphatic rings. The molecule has 4 heteroatoms. The Morgan fingerprint density at radius 1 is 1.11 bits per heavy atom. The summed E-state index contributed by atoms with van der Waals surface area (Å²) >= 11 is 0. The van der Waals surface area contributed by atoms with Crippen LogP contribution in [0.2, 0.25) is 0 Å². The smallest absolute Gasteiger partial charge is 0.125 e. The Hall–Kier alpha value is -1.10. The van der Waals surface area contributed by atoms with Gasteiger partial charge >= 0.3 is 0 Å². The normalized spacial score (nSPS) is 12.7. The molecule has 0 aliphatic carbocycles. The van der Waals surface area contributed by atoms with Gasteiger partial charge in [0, 0.05) is 19.1 Å². The van der Waals surface area contributed by atoms with Crippen LogP contribution in [-0.2, 0) is 0 Å². The van der Waals surface area contributed by atoms with Crippen LogP contribution in [-0.4, -0.2) is 54.1 Å². The van der Waals surface area contributed by atoms with Gasteiger partial charge in [-0.1, -0.05) is 18.2 Å². The summed E-state index contributed by atoms with van der Waals surface area (Å²) in [6.45, 7) is 7.94. The number of aliphatic hydroxyl groups excluding tert-OH is 2. The summed E-state index contributed by atoms with van der Waals surface area (Å²) < 4.78 is 5.90. The van der Waals surface area contributed by atoms with E-state index in [4.69, 9.17) is 14.9 Å². The van der Waals surface area contributed by atoms with E-state index in [0.717, 1.165) is 16.9 Å². The SMILES string of the molecule is Cc1cccc(C)c1OCC(C)N(CCO)CCO. The van der Waals surface area contributed by atoms with Crippen LogP contribution in [0.25, 0.3) is 0 Å². The number of nitrogens with zero attached hydrogens (tertiary/aromatic N) is 1. The Balaban J connectivity index is 2.59. The van der Waals surface area contributed by atoms with Crippen molar-refractivity contribution in [3.05, 3.63) is 29.3 Å². The topological polar surface area (TPSA) is 52.9 Å². The number of rotatable bonds is 8. The van der Waals surface area contributed by atoms with E-state index in [9.17, 15) is 0 Å². The summed E-state index contributed by atoms with van der Waals surface area (Å²) in [5, 5.41) is 18.0. The fourth-order valence-corrected chi connectivity index (χ4v) is 2.15. The van der Waals surface area contributed by atoms with Gasteiger partial charge in [0.25, 0.3) is 0 Å². The van der Waals surface area contributed by atoms with E-state index in [1.807, 2.05) is 43.9 Å². The maximum Gasteiger partial charge on any atom is 0.125 e. The molecule has 0 saturated carbocycles. The van der Waals surface area contributed by atoms with Gasteiger partial charge in [-0.3, -0.25) is 4.90 Å². The third kappa shape index (κ3) is 4.82. The van der Waals surface area contributed by atoms with Crippen molar-refractivity contribution in [2.75, 3.05) is 32.9 Å². The van der Waals surface area contributed by atoms with Crippen LogP contribution in [0.15, 0.2) is 18.2 Å². The molecule has 0 aromatic heterocycles. The van der Waals surface area contributed by atoms with Crippen LogP contribution in [0.1, 0.15) is 18.1 Å². The molecule has 1 aromatic rings. The number of benzene rings is 1. The lowest BCUT2D eigenvalue weighted by Crippen LogP contribution is -2.41. The lowest BCUT2D eigenvalue weighted by atomic mass is 10.1. The first-order chi connectivity index (χ1) is 9.10. The van der Waals surface area contributed by atoms with Gasteiger partial charge in [-0.05, 0) is 31.9 Å². The van der Waals surface area contributed by atoms with Crippen molar-refractivity contribution < 1.29 is 14.9 Å². The van der Waals surface area contributed by atoms with Gasteiger partial charge in [-0.25, -0.2) is 0 Å². The molecule has 2 N–H and O–H groups in total. The Labute approximate surface area is 115 Å². The van der Waals surface area contributed by atoms with E-state index < -0.39 is 0 Å². The lowest BCUT2D eigenvalue weighted by molar-refractivity contribution is 0.0992. The van der Waals surface area contributed by atoms with Crippen molar-refractivity contribution in [2.24, 2.45) is 0 Å². The number of ether oxygens (including phenoxy) is 1. The van der Waals surface area contributed by atoms with Crippen molar-refractivity contribution in [3.63, 3.8) is 0 Å². The minimum Gasteiger partial charge on any atom is -0.491 e. The molecule has 0 amide bonds. The fraction of sp³-hybridized carbons (Fsp3) is 0.600. The predicted molar refractivity (Wildman–Crippen MR) is 76.6 cm³/mol. The van der Waals surface area contributed by atoms with Gasteiger partial charge in [0.05, 0.1) is 13.2 Å². The molecule has 108 valence electrons. The number of aryl methyl sites for hydroxylation is 2. The fourth-order valence-electron chi connectivity index (χ4n) is 2.15. The molecule has 0 radical (unpaired) electrons. The minimum absolute atomic E-state index is 0.0910. The van der Waals surface area contributed by atoms with E-state index in [1.165, 1.54) is 0 Å². The molecule has 1 rings (SSSR count). The zero-order valence-electron chi connectivity index (χ0n) is 12.1. The summed E-state index contributed by atoms with van der Waals surface area (Å²) in [6.07, 6.45) is 0. The number of aliphatic hydroxyl groups is 2. The summed E-state index contributed by atoms with van der Waals surface area (Å²) in [5.74, 6) is 0.933. The molecule has 4 nitrogen and oxygen atoms in total. The molecule has 19 heavy (non-hydrogen) atoms. The minimum atomic E-state index is 0.0910. The van der Waals surface area contributed by atoms with Gasteiger partial charge in [-0.15, -0.1) is 0 Å². The third-order valence-electron chi connectivity index (χ3n) is 3.28. The number of para-hydroxylation sites is 1. The predicted octanol–water partition coefficient (Wildman–Crippen LogP) is 1.36. The van der Waals surface area contributed by atoms with Gasteiger partial charge in [0.15, 0.2) is 0 Å². The highest BCUT2D eigenvalue weighted by molar-refractivity contribution is 5.39. The largest absolute Gasteiger partial charge is 0.491 e. The van der Waals surface area contributed by atoms with Crippen LogP contribution in [0.4, 0.5) is 0 Å².